The number of benzene rings is 1. The SMILES string of the molecule is C#CCN(C)c1ccc(C(C)O)cc1. The fraction of sp³-hybridized carbons (Fsp3) is 0.333. The van der Waals surface area contributed by atoms with E-state index in [-0.39, 0.29) is 0 Å². The maximum atomic E-state index is 9.31. The van der Waals surface area contributed by atoms with Crippen molar-refractivity contribution in [2.45, 2.75) is 13.0 Å². The summed E-state index contributed by atoms with van der Waals surface area (Å²) in [6.45, 7) is 2.34. The van der Waals surface area contributed by atoms with Crippen molar-refractivity contribution in [3.05, 3.63) is 29.8 Å². The molecular formula is C12H15NO. The molecule has 0 radical (unpaired) electrons. The van der Waals surface area contributed by atoms with Crippen LogP contribution in [0.25, 0.3) is 0 Å². The molecule has 1 rings (SSSR count). The van der Waals surface area contributed by atoms with Gasteiger partial charge in [-0.15, -0.1) is 6.42 Å². The van der Waals surface area contributed by atoms with Crippen LogP contribution in [0, 0.1) is 12.3 Å². The Bertz CT molecular complexity index is 321. The van der Waals surface area contributed by atoms with Gasteiger partial charge in [0.15, 0.2) is 0 Å². The van der Waals surface area contributed by atoms with Crippen molar-refractivity contribution in [1.29, 1.82) is 0 Å². The van der Waals surface area contributed by atoms with Gasteiger partial charge in [-0.3, -0.25) is 0 Å². The summed E-state index contributed by atoms with van der Waals surface area (Å²) in [5.74, 6) is 2.58. The summed E-state index contributed by atoms with van der Waals surface area (Å²) in [6, 6.07) is 7.73. The van der Waals surface area contributed by atoms with Gasteiger partial charge < -0.3 is 10.0 Å². The average molecular weight is 189 g/mol. The van der Waals surface area contributed by atoms with Crippen molar-refractivity contribution >= 4 is 5.69 Å². The van der Waals surface area contributed by atoms with E-state index < -0.39 is 6.10 Å². The smallest absolute Gasteiger partial charge is 0.0788 e. The first-order chi connectivity index (χ1) is 6.65. The molecule has 0 fully saturated rings. The van der Waals surface area contributed by atoms with Crippen molar-refractivity contribution in [3.8, 4) is 12.3 Å². The van der Waals surface area contributed by atoms with E-state index in [1.165, 1.54) is 0 Å². The lowest BCUT2D eigenvalue weighted by Gasteiger charge is -2.16. The lowest BCUT2D eigenvalue weighted by atomic mass is 10.1. The molecule has 1 unspecified atom stereocenters. The van der Waals surface area contributed by atoms with Crippen molar-refractivity contribution in [2.75, 3.05) is 18.5 Å². The minimum atomic E-state index is -0.415. The van der Waals surface area contributed by atoms with E-state index in [2.05, 4.69) is 5.92 Å². The van der Waals surface area contributed by atoms with Gasteiger partial charge in [0, 0.05) is 12.7 Å². The van der Waals surface area contributed by atoms with Crippen LogP contribution in [0.2, 0.25) is 0 Å². The topological polar surface area (TPSA) is 23.5 Å². The molecule has 1 N–H and O–H groups in total. The number of aliphatic hydroxyl groups is 1. The Balaban J connectivity index is 2.78. The van der Waals surface area contributed by atoms with E-state index in [1.807, 2.05) is 36.2 Å². The highest BCUT2D eigenvalue weighted by molar-refractivity contribution is 5.48. The third-order valence-electron chi connectivity index (χ3n) is 2.14. The van der Waals surface area contributed by atoms with Gasteiger partial charge >= 0.3 is 0 Å². The summed E-state index contributed by atoms with van der Waals surface area (Å²) in [5.41, 5.74) is 1.98. The van der Waals surface area contributed by atoms with Gasteiger partial charge in [-0.25, -0.2) is 0 Å². The molecule has 2 nitrogen and oxygen atoms in total. The molecule has 0 amide bonds. The number of rotatable bonds is 3. The van der Waals surface area contributed by atoms with Crippen LogP contribution in [-0.4, -0.2) is 18.7 Å². The minimum absolute atomic E-state index is 0.415. The fourth-order valence-electron chi connectivity index (χ4n) is 1.24. The molecule has 0 aliphatic heterocycles. The maximum absolute atomic E-state index is 9.31. The molecule has 0 bridgehead atoms. The molecule has 2 heteroatoms. The lowest BCUT2D eigenvalue weighted by molar-refractivity contribution is 0.199. The third-order valence-corrected chi connectivity index (χ3v) is 2.14. The lowest BCUT2D eigenvalue weighted by Crippen LogP contribution is -2.16. The van der Waals surface area contributed by atoms with Gasteiger partial charge in [0.1, 0.15) is 0 Å². The Morgan fingerprint density at radius 3 is 2.43 bits per heavy atom. The molecule has 0 spiro atoms. The predicted octanol–water partition coefficient (Wildman–Crippen LogP) is 1.81. The third kappa shape index (κ3) is 2.51. The van der Waals surface area contributed by atoms with Crippen molar-refractivity contribution in [2.24, 2.45) is 0 Å². The molecule has 14 heavy (non-hydrogen) atoms. The van der Waals surface area contributed by atoms with E-state index in [0.29, 0.717) is 6.54 Å². The van der Waals surface area contributed by atoms with Gasteiger partial charge in [-0.05, 0) is 24.6 Å². The average Bonchev–Trinajstić information content (AvgIpc) is 2.18. The molecule has 0 aliphatic carbocycles. The molecule has 0 saturated heterocycles. The highest BCUT2D eigenvalue weighted by Gasteiger charge is 2.02. The number of aliphatic hydroxyl groups excluding tert-OH is 1. The Labute approximate surface area is 85.2 Å². The summed E-state index contributed by atoms with van der Waals surface area (Å²) >= 11 is 0. The van der Waals surface area contributed by atoms with Crippen LogP contribution in [0.5, 0.6) is 0 Å². The molecule has 0 aliphatic rings. The molecular weight excluding hydrogens is 174 g/mol. The monoisotopic (exact) mass is 189 g/mol. The maximum Gasteiger partial charge on any atom is 0.0788 e. The Morgan fingerprint density at radius 1 is 1.43 bits per heavy atom. The normalized spacial score (nSPS) is 11.9. The standard InChI is InChI=1S/C12H15NO/c1-4-9-13(3)12-7-5-11(6-8-12)10(2)14/h1,5-8,10,14H,9H2,2-3H3. The van der Waals surface area contributed by atoms with E-state index >= 15 is 0 Å². The zero-order chi connectivity index (χ0) is 10.6. The summed E-state index contributed by atoms with van der Waals surface area (Å²) < 4.78 is 0. The number of hydrogen-bond donors (Lipinski definition) is 1. The van der Waals surface area contributed by atoms with Gasteiger partial charge in [0.25, 0.3) is 0 Å². The minimum Gasteiger partial charge on any atom is -0.389 e. The molecule has 1 aromatic rings. The summed E-state index contributed by atoms with van der Waals surface area (Å²) in [6.07, 6.45) is 4.80. The number of hydrogen-bond acceptors (Lipinski definition) is 2. The second-order valence-electron chi connectivity index (χ2n) is 3.33. The van der Waals surface area contributed by atoms with Crippen LogP contribution in [-0.2, 0) is 0 Å². The number of anilines is 1. The zero-order valence-corrected chi connectivity index (χ0v) is 8.57. The van der Waals surface area contributed by atoms with Crippen molar-refractivity contribution < 1.29 is 5.11 Å². The van der Waals surface area contributed by atoms with E-state index in [0.717, 1.165) is 11.3 Å². The van der Waals surface area contributed by atoms with Crippen LogP contribution in [0.3, 0.4) is 0 Å². The summed E-state index contributed by atoms with van der Waals surface area (Å²) in [5, 5.41) is 9.31. The quantitative estimate of drug-likeness (QED) is 0.733. The molecule has 1 aromatic carbocycles. The molecule has 1 atom stereocenters. The highest BCUT2D eigenvalue weighted by atomic mass is 16.3. The van der Waals surface area contributed by atoms with Gasteiger partial charge in [-0.2, -0.15) is 0 Å². The second kappa shape index (κ2) is 4.69. The first-order valence-corrected chi connectivity index (χ1v) is 4.57. The molecule has 0 aromatic heterocycles. The van der Waals surface area contributed by atoms with Crippen molar-refractivity contribution in [1.82, 2.24) is 0 Å². The van der Waals surface area contributed by atoms with Crippen LogP contribution < -0.4 is 4.90 Å². The van der Waals surface area contributed by atoms with Gasteiger partial charge in [0.05, 0.1) is 12.6 Å². The second-order valence-corrected chi connectivity index (χ2v) is 3.33. The zero-order valence-electron chi connectivity index (χ0n) is 8.57. The molecule has 0 heterocycles. The Kier molecular flexibility index (Phi) is 3.55. The van der Waals surface area contributed by atoms with E-state index in [9.17, 15) is 5.11 Å². The fourth-order valence-corrected chi connectivity index (χ4v) is 1.24. The van der Waals surface area contributed by atoms with Crippen LogP contribution in [0.1, 0.15) is 18.6 Å². The first-order valence-electron chi connectivity index (χ1n) is 4.57. The highest BCUT2D eigenvalue weighted by Crippen LogP contribution is 2.17. The van der Waals surface area contributed by atoms with Gasteiger partial charge in [-0.1, -0.05) is 18.1 Å². The Morgan fingerprint density at radius 2 is 2.00 bits per heavy atom. The summed E-state index contributed by atoms with van der Waals surface area (Å²) in [7, 11) is 1.94. The Hall–Kier alpha value is -1.46. The van der Waals surface area contributed by atoms with Crippen molar-refractivity contribution in [3.63, 3.8) is 0 Å². The van der Waals surface area contributed by atoms with Crippen LogP contribution >= 0.6 is 0 Å². The summed E-state index contributed by atoms with van der Waals surface area (Å²) in [4.78, 5) is 1.98. The van der Waals surface area contributed by atoms with Crippen LogP contribution in [0.15, 0.2) is 24.3 Å². The van der Waals surface area contributed by atoms with Gasteiger partial charge in [0.2, 0.25) is 0 Å². The largest absolute Gasteiger partial charge is 0.389 e. The van der Waals surface area contributed by atoms with E-state index in [4.69, 9.17) is 6.42 Å². The predicted molar refractivity (Wildman–Crippen MR) is 59.2 cm³/mol. The number of terminal acetylenes is 1. The van der Waals surface area contributed by atoms with E-state index in [1.54, 1.807) is 6.92 Å². The van der Waals surface area contributed by atoms with Crippen LogP contribution in [0.4, 0.5) is 5.69 Å². The first kappa shape index (κ1) is 10.6. The molecule has 74 valence electrons. The molecule has 0 saturated carbocycles. The number of nitrogens with zero attached hydrogens (tertiary/aromatic N) is 1.